The molecule has 7 heteroatoms. The summed E-state index contributed by atoms with van der Waals surface area (Å²) in [5.74, 6) is 0.782. The Labute approximate surface area is 129 Å². The van der Waals surface area contributed by atoms with E-state index in [9.17, 15) is 4.79 Å². The molecule has 0 bridgehead atoms. The van der Waals surface area contributed by atoms with E-state index in [4.69, 9.17) is 25.8 Å². The number of hydrogen-bond acceptors (Lipinski definition) is 5. The Morgan fingerprint density at radius 2 is 1.90 bits per heavy atom. The minimum absolute atomic E-state index is 0.171. The molecule has 0 radical (unpaired) electrons. The number of methoxy groups -OCH3 is 3. The van der Waals surface area contributed by atoms with Gasteiger partial charge in [0.05, 0.1) is 31.5 Å². The maximum absolute atomic E-state index is 11.9. The highest BCUT2D eigenvalue weighted by molar-refractivity contribution is 6.32. The van der Waals surface area contributed by atoms with Gasteiger partial charge in [-0.1, -0.05) is 11.6 Å². The smallest absolute Gasteiger partial charge is 0.238 e. The number of amides is 1. The topological polar surface area (TPSA) is 68.8 Å². The average Bonchev–Trinajstić information content (AvgIpc) is 2.48. The monoisotopic (exact) mass is 316 g/mol. The molecule has 0 heterocycles. The molecule has 0 saturated carbocycles. The van der Waals surface area contributed by atoms with Crippen molar-refractivity contribution < 1.29 is 19.0 Å². The van der Waals surface area contributed by atoms with Crippen molar-refractivity contribution >= 4 is 23.2 Å². The third kappa shape index (κ3) is 5.79. The number of anilines is 1. The molecule has 2 N–H and O–H groups in total. The molecule has 0 fully saturated rings. The first-order chi connectivity index (χ1) is 10.1. The molecule has 1 rings (SSSR count). The van der Waals surface area contributed by atoms with Gasteiger partial charge in [0.25, 0.3) is 0 Å². The number of halogens is 1. The second-order valence-corrected chi connectivity index (χ2v) is 4.67. The number of hydrogen-bond donors (Lipinski definition) is 2. The van der Waals surface area contributed by atoms with Gasteiger partial charge in [-0.15, -0.1) is 0 Å². The van der Waals surface area contributed by atoms with Crippen molar-refractivity contribution in [3.05, 3.63) is 17.2 Å². The minimum Gasteiger partial charge on any atom is -0.495 e. The zero-order chi connectivity index (χ0) is 15.7. The summed E-state index contributed by atoms with van der Waals surface area (Å²) in [6.45, 7) is 1.58. The predicted octanol–water partition coefficient (Wildman–Crippen LogP) is 1.92. The number of carbonyl (C=O) groups is 1. The number of ether oxygens (including phenoxy) is 3. The molecule has 0 atom stereocenters. The third-order valence-electron chi connectivity index (χ3n) is 2.74. The summed E-state index contributed by atoms with van der Waals surface area (Å²) in [4.78, 5) is 11.9. The van der Waals surface area contributed by atoms with Crippen molar-refractivity contribution in [3.63, 3.8) is 0 Å². The molecular formula is C14H21ClN2O4. The Bertz CT molecular complexity index is 469. The molecule has 0 spiro atoms. The van der Waals surface area contributed by atoms with Crippen LogP contribution in [0.3, 0.4) is 0 Å². The van der Waals surface area contributed by atoms with Crippen LogP contribution in [0.5, 0.6) is 11.5 Å². The van der Waals surface area contributed by atoms with Gasteiger partial charge < -0.3 is 24.8 Å². The molecule has 0 aliphatic rings. The molecule has 6 nitrogen and oxygen atoms in total. The normalized spacial score (nSPS) is 10.3. The summed E-state index contributed by atoms with van der Waals surface area (Å²) in [6, 6.07) is 3.23. The van der Waals surface area contributed by atoms with Crippen LogP contribution in [0.1, 0.15) is 6.42 Å². The van der Waals surface area contributed by atoms with Crippen LogP contribution < -0.4 is 20.1 Å². The Kier molecular flexibility index (Phi) is 7.89. The predicted molar refractivity (Wildman–Crippen MR) is 82.5 cm³/mol. The number of nitrogens with one attached hydrogen (secondary N) is 2. The van der Waals surface area contributed by atoms with Crippen LogP contribution in [-0.2, 0) is 9.53 Å². The summed E-state index contributed by atoms with van der Waals surface area (Å²) in [7, 11) is 4.67. The van der Waals surface area contributed by atoms with E-state index in [0.717, 1.165) is 6.42 Å². The van der Waals surface area contributed by atoms with Crippen LogP contribution in [-0.4, -0.2) is 46.9 Å². The lowest BCUT2D eigenvalue weighted by Crippen LogP contribution is -2.29. The van der Waals surface area contributed by atoms with E-state index in [-0.39, 0.29) is 12.5 Å². The Hall–Kier alpha value is -1.50. The van der Waals surface area contributed by atoms with E-state index >= 15 is 0 Å². The van der Waals surface area contributed by atoms with Crippen molar-refractivity contribution in [2.75, 3.05) is 46.3 Å². The van der Waals surface area contributed by atoms with Gasteiger partial charge in [0.15, 0.2) is 0 Å². The fourth-order valence-corrected chi connectivity index (χ4v) is 1.93. The van der Waals surface area contributed by atoms with Crippen molar-refractivity contribution in [3.8, 4) is 11.5 Å². The van der Waals surface area contributed by atoms with E-state index in [1.165, 1.54) is 14.2 Å². The highest BCUT2D eigenvalue weighted by Crippen LogP contribution is 2.35. The molecule has 1 aromatic carbocycles. The Morgan fingerprint density at radius 1 is 1.19 bits per heavy atom. The van der Waals surface area contributed by atoms with Crippen LogP contribution in [0, 0.1) is 0 Å². The lowest BCUT2D eigenvalue weighted by molar-refractivity contribution is -0.115. The molecule has 0 aliphatic carbocycles. The maximum atomic E-state index is 11.9. The zero-order valence-corrected chi connectivity index (χ0v) is 13.3. The lowest BCUT2D eigenvalue weighted by atomic mass is 10.2. The first-order valence-electron chi connectivity index (χ1n) is 6.53. The van der Waals surface area contributed by atoms with Crippen molar-refractivity contribution in [1.29, 1.82) is 0 Å². The summed E-state index contributed by atoms with van der Waals surface area (Å²) in [5, 5.41) is 6.21. The lowest BCUT2D eigenvalue weighted by Gasteiger charge is -2.13. The van der Waals surface area contributed by atoms with Gasteiger partial charge in [-0.2, -0.15) is 0 Å². The van der Waals surface area contributed by atoms with Crippen molar-refractivity contribution in [2.45, 2.75) is 6.42 Å². The quantitative estimate of drug-likeness (QED) is 0.681. The number of benzene rings is 1. The highest BCUT2D eigenvalue weighted by atomic mass is 35.5. The molecule has 21 heavy (non-hydrogen) atoms. The van der Waals surface area contributed by atoms with E-state index in [1.807, 2.05) is 0 Å². The Balaban J connectivity index is 2.58. The van der Waals surface area contributed by atoms with Gasteiger partial charge in [0.1, 0.15) is 11.5 Å². The molecule has 118 valence electrons. The second-order valence-electron chi connectivity index (χ2n) is 4.26. The molecule has 1 aromatic rings. The molecule has 0 aromatic heterocycles. The van der Waals surface area contributed by atoms with Gasteiger partial charge in [-0.3, -0.25) is 4.79 Å². The average molecular weight is 317 g/mol. The van der Waals surface area contributed by atoms with Gasteiger partial charge >= 0.3 is 0 Å². The van der Waals surface area contributed by atoms with Crippen LogP contribution in [0.25, 0.3) is 0 Å². The first-order valence-corrected chi connectivity index (χ1v) is 6.91. The van der Waals surface area contributed by atoms with Crippen LogP contribution >= 0.6 is 11.6 Å². The third-order valence-corrected chi connectivity index (χ3v) is 3.03. The second kappa shape index (κ2) is 9.44. The standard InChI is InChI=1S/C14H21ClN2O4/c1-19-6-4-5-16-9-14(18)17-11-8-12(20-2)10(15)7-13(11)21-3/h7-8,16H,4-6,9H2,1-3H3,(H,17,18). The first kappa shape index (κ1) is 17.6. The highest BCUT2D eigenvalue weighted by Gasteiger charge is 2.12. The van der Waals surface area contributed by atoms with E-state index in [0.29, 0.717) is 35.4 Å². The van der Waals surface area contributed by atoms with Gasteiger partial charge in [-0.25, -0.2) is 0 Å². The summed E-state index contributed by atoms with van der Waals surface area (Å²) < 4.78 is 15.2. The van der Waals surface area contributed by atoms with E-state index < -0.39 is 0 Å². The summed E-state index contributed by atoms with van der Waals surface area (Å²) >= 11 is 6.01. The van der Waals surface area contributed by atoms with Crippen LogP contribution in [0.15, 0.2) is 12.1 Å². The maximum Gasteiger partial charge on any atom is 0.238 e. The SMILES string of the molecule is COCCCNCC(=O)Nc1cc(OC)c(Cl)cc1OC. The van der Waals surface area contributed by atoms with E-state index in [2.05, 4.69) is 10.6 Å². The van der Waals surface area contributed by atoms with Gasteiger partial charge in [-0.05, 0) is 13.0 Å². The van der Waals surface area contributed by atoms with Crippen molar-refractivity contribution in [2.24, 2.45) is 0 Å². The molecule has 0 saturated heterocycles. The zero-order valence-electron chi connectivity index (χ0n) is 12.5. The van der Waals surface area contributed by atoms with Gasteiger partial charge in [0.2, 0.25) is 5.91 Å². The molecule has 0 aliphatic heterocycles. The molecule has 1 amide bonds. The van der Waals surface area contributed by atoms with Crippen molar-refractivity contribution in [1.82, 2.24) is 5.32 Å². The summed E-state index contributed by atoms with van der Waals surface area (Å²) in [5.41, 5.74) is 0.516. The Morgan fingerprint density at radius 3 is 2.52 bits per heavy atom. The number of rotatable bonds is 9. The fraction of sp³-hybridized carbons (Fsp3) is 0.500. The minimum atomic E-state index is -0.171. The molecule has 0 unspecified atom stereocenters. The largest absolute Gasteiger partial charge is 0.495 e. The van der Waals surface area contributed by atoms with Gasteiger partial charge in [0, 0.05) is 25.8 Å². The van der Waals surface area contributed by atoms with E-state index in [1.54, 1.807) is 19.2 Å². The number of carbonyl (C=O) groups excluding carboxylic acids is 1. The summed E-state index contributed by atoms with van der Waals surface area (Å²) in [6.07, 6.45) is 0.849. The fourth-order valence-electron chi connectivity index (χ4n) is 1.70. The van der Waals surface area contributed by atoms with Crippen LogP contribution in [0.2, 0.25) is 5.02 Å². The van der Waals surface area contributed by atoms with Crippen LogP contribution in [0.4, 0.5) is 5.69 Å². The molecular weight excluding hydrogens is 296 g/mol.